The average molecular weight is 405 g/mol. The molecule has 2 aliphatic rings. The molecule has 1 fully saturated rings. The molecule has 3 unspecified atom stereocenters. The summed E-state index contributed by atoms with van der Waals surface area (Å²) in [4.78, 5) is 0. The largest absolute Gasteiger partial charge is 0.497 e. The van der Waals surface area contributed by atoms with Crippen molar-refractivity contribution in [2.24, 2.45) is 0 Å². The number of methoxy groups -OCH3 is 1. The van der Waals surface area contributed by atoms with E-state index < -0.39 is 6.10 Å². The molecule has 0 bridgehead atoms. The smallest absolute Gasteiger partial charge is 0.129 e. The second-order valence-corrected chi connectivity index (χ2v) is 7.80. The Morgan fingerprint density at radius 3 is 2.71 bits per heavy atom. The van der Waals surface area contributed by atoms with Crippen molar-refractivity contribution < 1.29 is 24.4 Å². The molecule has 6 heteroatoms. The predicted octanol–water partition coefficient (Wildman–Crippen LogP) is 3.45. The quantitative estimate of drug-likeness (QED) is 0.798. The Hall–Kier alpha value is -1.79. The van der Waals surface area contributed by atoms with E-state index in [2.05, 4.69) is 0 Å². The Morgan fingerprint density at radius 1 is 1.21 bits per heavy atom. The Bertz CT molecular complexity index is 836. The van der Waals surface area contributed by atoms with Gasteiger partial charge in [0.15, 0.2) is 0 Å². The first-order chi connectivity index (χ1) is 13.6. The zero-order chi connectivity index (χ0) is 19.7. The van der Waals surface area contributed by atoms with Crippen LogP contribution in [-0.4, -0.2) is 42.7 Å². The van der Waals surface area contributed by atoms with E-state index >= 15 is 0 Å². The lowest BCUT2D eigenvalue weighted by Gasteiger charge is -2.33. The van der Waals surface area contributed by atoms with Gasteiger partial charge in [0, 0.05) is 30.4 Å². The van der Waals surface area contributed by atoms with Crippen molar-refractivity contribution in [1.82, 2.24) is 0 Å². The van der Waals surface area contributed by atoms with Gasteiger partial charge in [-0.25, -0.2) is 0 Å². The molecule has 2 aromatic carbocycles. The summed E-state index contributed by atoms with van der Waals surface area (Å²) in [5.74, 6) is 1.59. The number of ether oxygens (including phenoxy) is 3. The Balaban J connectivity index is 1.69. The maximum atomic E-state index is 10.2. The number of rotatable bonds is 5. The average Bonchev–Trinajstić information content (AvgIpc) is 3.20. The zero-order valence-electron chi connectivity index (χ0n) is 15.9. The van der Waals surface area contributed by atoms with Gasteiger partial charge in [-0.3, -0.25) is 0 Å². The first kappa shape index (κ1) is 19.5. The lowest BCUT2D eigenvalue weighted by molar-refractivity contribution is -0.114. The summed E-state index contributed by atoms with van der Waals surface area (Å²) in [6.07, 6.45) is 1.18. The number of halogens is 1. The highest BCUT2D eigenvalue weighted by Gasteiger charge is 2.34. The predicted molar refractivity (Wildman–Crippen MR) is 106 cm³/mol. The molecule has 2 aliphatic heterocycles. The van der Waals surface area contributed by atoms with Crippen LogP contribution in [0.15, 0.2) is 30.3 Å². The van der Waals surface area contributed by atoms with E-state index in [4.69, 9.17) is 25.8 Å². The van der Waals surface area contributed by atoms with E-state index in [1.54, 1.807) is 7.11 Å². The van der Waals surface area contributed by atoms with E-state index in [1.807, 2.05) is 30.3 Å². The lowest BCUT2D eigenvalue weighted by atomic mass is 9.91. The van der Waals surface area contributed by atoms with E-state index in [1.165, 1.54) is 0 Å². The van der Waals surface area contributed by atoms with Crippen molar-refractivity contribution in [1.29, 1.82) is 0 Å². The van der Waals surface area contributed by atoms with Crippen molar-refractivity contribution in [2.45, 2.75) is 44.0 Å². The van der Waals surface area contributed by atoms with Crippen LogP contribution in [0.3, 0.4) is 0 Å². The monoisotopic (exact) mass is 404 g/mol. The van der Waals surface area contributed by atoms with Crippen molar-refractivity contribution in [3.8, 4) is 11.5 Å². The molecular formula is C22H25ClO5. The highest BCUT2D eigenvalue weighted by molar-refractivity contribution is 6.32. The van der Waals surface area contributed by atoms with Crippen LogP contribution in [0.2, 0.25) is 5.02 Å². The maximum Gasteiger partial charge on any atom is 0.129 e. The van der Waals surface area contributed by atoms with Gasteiger partial charge < -0.3 is 24.4 Å². The van der Waals surface area contributed by atoms with Crippen molar-refractivity contribution in [3.63, 3.8) is 0 Å². The third kappa shape index (κ3) is 3.85. The SMILES string of the molecule is COc1ccc(Cc2cc(C3CC(O)CC(CO)O3)c3c(c2Cl)CCO3)cc1. The van der Waals surface area contributed by atoms with Gasteiger partial charge in [0.2, 0.25) is 0 Å². The minimum atomic E-state index is -0.506. The Kier molecular flexibility index (Phi) is 5.78. The summed E-state index contributed by atoms with van der Waals surface area (Å²) in [5, 5.41) is 20.5. The molecule has 2 heterocycles. The molecule has 0 saturated carbocycles. The fraction of sp³-hybridized carbons (Fsp3) is 0.455. The van der Waals surface area contributed by atoms with Crippen LogP contribution in [0.5, 0.6) is 11.5 Å². The molecule has 2 N–H and O–H groups in total. The number of benzene rings is 2. The number of hydrogen-bond donors (Lipinski definition) is 2. The Morgan fingerprint density at radius 2 is 2.00 bits per heavy atom. The van der Waals surface area contributed by atoms with E-state index in [0.29, 0.717) is 25.9 Å². The molecule has 0 aromatic heterocycles. The summed E-state index contributed by atoms with van der Waals surface area (Å²) >= 11 is 6.72. The van der Waals surface area contributed by atoms with Crippen LogP contribution in [0.4, 0.5) is 0 Å². The van der Waals surface area contributed by atoms with Crippen LogP contribution in [0.1, 0.15) is 41.2 Å². The first-order valence-corrected chi connectivity index (χ1v) is 10.0. The third-order valence-corrected chi connectivity index (χ3v) is 5.96. The van der Waals surface area contributed by atoms with Crippen molar-refractivity contribution >= 4 is 11.6 Å². The van der Waals surface area contributed by atoms with Gasteiger partial charge in [0.1, 0.15) is 11.5 Å². The molecule has 0 aliphatic carbocycles. The van der Waals surface area contributed by atoms with Gasteiger partial charge in [-0.2, -0.15) is 0 Å². The van der Waals surface area contributed by atoms with E-state index in [9.17, 15) is 10.2 Å². The number of aliphatic hydroxyl groups is 2. The van der Waals surface area contributed by atoms with Crippen molar-refractivity contribution in [3.05, 3.63) is 57.6 Å². The number of aliphatic hydroxyl groups excluding tert-OH is 2. The highest BCUT2D eigenvalue weighted by Crippen LogP contribution is 2.44. The molecule has 28 heavy (non-hydrogen) atoms. The molecular weight excluding hydrogens is 380 g/mol. The van der Waals surface area contributed by atoms with Crippen LogP contribution in [0.25, 0.3) is 0 Å². The normalized spacial score (nSPS) is 23.9. The molecule has 150 valence electrons. The fourth-order valence-corrected chi connectivity index (χ4v) is 4.37. The highest BCUT2D eigenvalue weighted by atomic mass is 35.5. The van der Waals surface area contributed by atoms with E-state index in [-0.39, 0.29) is 18.8 Å². The van der Waals surface area contributed by atoms with Gasteiger partial charge >= 0.3 is 0 Å². The summed E-state index contributed by atoms with van der Waals surface area (Å²) < 4.78 is 17.2. The topological polar surface area (TPSA) is 68.2 Å². The first-order valence-electron chi connectivity index (χ1n) is 9.63. The maximum absolute atomic E-state index is 10.2. The third-order valence-electron chi connectivity index (χ3n) is 5.49. The Labute approximate surface area is 169 Å². The summed E-state index contributed by atoms with van der Waals surface area (Å²) in [7, 11) is 1.65. The summed E-state index contributed by atoms with van der Waals surface area (Å²) in [6, 6.07) is 9.97. The fourth-order valence-electron chi connectivity index (χ4n) is 4.07. The molecule has 5 nitrogen and oxygen atoms in total. The summed E-state index contributed by atoms with van der Waals surface area (Å²) in [6.45, 7) is 0.482. The molecule has 4 rings (SSSR count). The summed E-state index contributed by atoms with van der Waals surface area (Å²) in [5.41, 5.74) is 4.06. The molecule has 2 aromatic rings. The standard InChI is InChI=1S/C22H25ClO5/c1-26-16-4-2-13(3-5-16)8-14-9-19(22-18(21(14)23)6-7-27-22)20-11-15(25)10-17(12-24)28-20/h2-5,9,15,17,20,24-25H,6-8,10-12H2,1H3. The molecule has 0 amide bonds. The second kappa shape index (κ2) is 8.29. The second-order valence-electron chi connectivity index (χ2n) is 7.42. The van der Waals surface area contributed by atoms with Crippen LogP contribution in [-0.2, 0) is 17.6 Å². The number of hydrogen-bond acceptors (Lipinski definition) is 5. The minimum Gasteiger partial charge on any atom is -0.497 e. The lowest BCUT2D eigenvalue weighted by Crippen LogP contribution is -2.33. The van der Waals surface area contributed by atoms with Crippen LogP contribution >= 0.6 is 11.6 Å². The van der Waals surface area contributed by atoms with Crippen LogP contribution < -0.4 is 9.47 Å². The minimum absolute atomic E-state index is 0.108. The number of fused-ring (bicyclic) bond motifs is 1. The van der Waals surface area contributed by atoms with Crippen molar-refractivity contribution in [2.75, 3.05) is 20.3 Å². The van der Waals surface area contributed by atoms with E-state index in [0.717, 1.165) is 45.2 Å². The van der Waals surface area contributed by atoms with Gasteiger partial charge in [0.25, 0.3) is 0 Å². The van der Waals surface area contributed by atoms with Gasteiger partial charge in [-0.15, -0.1) is 0 Å². The van der Waals surface area contributed by atoms with Gasteiger partial charge in [-0.05, 0) is 35.7 Å². The zero-order valence-corrected chi connectivity index (χ0v) is 16.6. The molecule has 0 spiro atoms. The molecule has 0 radical (unpaired) electrons. The van der Waals surface area contributed by atoms with Gasteiger partial charge in [-0.1, -0.05) is 23.7 Å². The van der Waals surface area contributed by atoms with Gasteiger partial charge in [0.05, 0.1) is 43.7 Å². The molecule has 1 saturated heterocycles. The van der Waals surface area contributed by atoms with Crippen LogP contribution in [0, 0.1) is 0 Å². The molecule has 3 atom stereocenters.